The van der Waals surface area contributed by atoms with Crippen molar-refractivity contribution >= 4 is 73.3 Å². The van der Waals surface area contributed by atoms with E-state index in [-0.39, 0.29) is 17.3 Å². The molecular formula is C28H30Cl2IN3O4S. The molecule has 0 aliphatic rings. The van der Waals surface area contributed by atoms with Crippen LogP contribution in [0.1, 0.15) is 33.3 Å². The zero-order chi connectivity index (χ0) is 29.0. The third-order valence-electron chi connectivity index (χ3n) is 5.75. The van der Waals surface area contributed by atoms with Crippen molar-refractivity contribution in [3.05, 3.63) is 92.0 Å². The second-order valence-electron chi connectivity index (χ2n) is 9.97. The number of carbonyl (C=O) groups excluding carboxylic acids is 2. The van der Waals surface area contributed by atoms with Crippen LogP contribution in [0.3, 0.4) is 0 Å². The summed E-state index contributed by atoms with van der Waals surface area (Å²) < 4.78 is 29.5. The topological polar surface area (TPSA) is 86.8 Å². The van der Waals surface area contributed by atoms with E-state index in [1.165, 1.54) is 17.0 Å². The molecule has 0 heterocycles. The second-order valence-corrected chi connectivity index (χ2v) is 13.9. The van der Waals surface area contributed by atoms with E-state index in [0.717, 1.165) is 7.88 Å². The summed E-state index contributed by atoms with van der Waals surface area (Å²) in [6.07, 6.45) is 0. The summed E-state index contributed by atoms with van der Waals surface area (Å²) in [6.45, 7) is 6.56. The largest absolute Gasteiger partial charge is 0.350 e. The molecule has 0 aliphatic carbocycles. The molecule has 0 aromatic heterocycles. The second kappa shape index (κ2) is 12.9. The van der Waals surface area contributed by atoms with E-state index >= 15 is 0 Å². The number of hydrogen-bond acceptors (Lipinski definition) is 4. The van der Waals surface area contributed by atoms with E-state index in [4.69, 9.17) is 23.2 Å². The molecule has 0 radical (unpaired) electrons. The molecule has 0 saturated carbocycles. The van der Waals surface area contributed by atoms with Crippen LogP contribution in [0.2, 0.25) is 10.0 Å². The fourth-order valence-electron chi connectivity index (χ4n) is 3.75. The van der Waals surface area contributed by atoms with Crippen LogP contribution in [0.25, 0.3) is 0 Å². The zero-order valence-electron chi connectivity index (χ0n) is 22.0. The van der Waals surface area contributed by atoms with Gasteiger partial charge in [-0.15, -0.1) is 0 Å². The molecular weight excluding hydrogens is 672 g/mol. The van der Waals surface area contributed by atoms with Crippen LogP contribution < -0.4 is 9.62 Å². The lowest BCUT2D eigenvalue weighted by atomic mass is 10.1. The Hall–Kier alpha value is -2.34. The van der Waals surface area contributed by atoms with Crippen molar-refractivity contribution in [1.29, 1.82) is 0 Å². The number of rotatable bonds is 9. The number of carbonyl (C=O) groups is 2. The van der Waals surface area contributed by atoms with Gasteiger partial charge in [0.2, 0.25) is 11.8 Å². The van der Waals surface area contributed by atoms with Gasteiger partial charge in [-0.25, -0.2) is 8.42 Å². The molecule has 7 nitrogen and oxygen atoms in total. The highest BCUT2D eigenvalue weighted by Gasteiger charge is 2.33. The molecule has 1 N–H and O–H groups in total. The minimum Gasteiger partial charge on any atom is -0.350 e. The minimum atomic E-state index is -4.12. The van der Waals surface area contributed by atoms with Crippen LogP contribution in [0.4, 0.5) is 5.69 Å². The van der Waals surface area contributed by atoms with Crippen molar-refractivity contribution < 1.29 is 18.0 Å². The number of benzene rings is 3. The lowest BCUT2D eigenvalue weighted by Crippen LogP contribution is -2.54. The maximum atomic E-state index is 13.9. The van der Waals surface area contributed by atoms with E-state index in [2.05, 4.69) is 27.9 Å². The van der Waals surface area contributed by atoms with Gasteiger partial charge in [0.15, 0.2) is 0 Å². The lowest BCUT2D eigenvalue weighted by Gasteiger charge is -2.33. The van der Waals surface area contributed by atoms with Gasteiger partial charge in [0.25, 0.3) is 10.0 Å². The van der Waals surface area contributed by atoms with Crippen molar-refractivity contribution in [2.75, 3.05) is 10.8 Å². The van der Waals surface area contributed by atoms with Crippen molar-refractivity contribution in [2.45, 2.75) is 50.7 Å². The van der Waals surface area contributed by atoms with E-state index in [1.54, 1.807) is 67.6 Å². The average molecular weight is 702 g/mol. The SMILES string of the molecule is C[C@@H](C(=O)NC(C)(C)C)N(Cc1ccc(Cl)cc1Cl)C(=O)CN(c1ccc(I)cc1)S(=O)(=O)c1ccccc1. The molecule has 0 bridgehead atoms. The summed E-state index contributed by atoms with van der Waals surface area (Å²) in [5.41, 5.74) is 0.349. The Morgan fingerprint density at radius 1 is 0.974 bits per heavy atom. The van der Waals surface area contributed by atoms with E-state index in [0.29, 0.717) is 21.3 Å². The Balaban J connectivity index is 2.04. The number of nitrogens with one attached hydrogen (secondary N) is 1. The van der Waals surface area contributed by atoms with E-state index < -0.39 is 34.1 Å². The molecule has 0 fully saturated rings. The molecule has 11 heteroatoms. The predicted octanol–water partition coefficient (Wildman–Crippen LogP) is 6.13. The Bertz CT molecular complexity index is 1430. The van der Waals surface area contributed by atoms with Crippen molar-refractivity contribution in [2.24, 2.45) is 0 Å². The summed E-state index contributed by atoms with van der Waals surface area (Å²) in [5, 5.41) is 3.65. The molecule has 0 saturated heterocycles. The van der Waals surface area contributed by atoms with Gasteiger partial charge >= 0.3 is 0 Å². The molecule has 208 valence electrons. The van der Waals surface area contributed by atoms with Crippen LogP contribution in [0.15, 0.2) is 77.7 Å². The minimum absolute atomic E-state index is 0.0283. The lowest BCUT2D eigenvalue weighted by molar-refractivity contribution is -0.140. The normalized spacial score (nSPS) is 12.5. The predicted molar refractivity (Wildman–Crippen MR) is 165 cm³/mol. The summed E-state index contributed by atoms with van der Waals surface area (Å²) >= 11 is 14.6. The van der Waals surface area contributed by atoms with Gasteiger partial charge in [-0.3, -0.25) is 13.9 Å². The average Bonchev–Trinajstić information content (AvgIpc) is 2.86. The Morgan fingerprint density at radius 2 is 1.59 bits per heavy atom. The van der Waals surface area contributed by atoms with Gasteiger partial charge < -0.3 is 10.2 Å². The molecule has 3 aromatic carbocycles. The molecule has 3 rings (SSSR count). The Morgan fingerprint density at radius 3 is 2.15 bits per heavy atom. The first-order valence-corrected chi connectivity index (χ1v) is 15.4. The molecule has 2 amide bonds. The molecule has 1 atom stereocenters. The van der Waals surface area contributed by atoms with Crippen LogP contribution in [0, 0.1) is 3.57 Å². The van der Waals surface area contributed by atoms with Crippen LogP contribution in [-0.2, 0) is 26.2 Å². The van der Waals surface area contributed by atoms with Crippen LogP contribution in [-0.4, -0.2) is 43.3 Å². The number of halogens is 3. The Labute approximate surface area is 253 Å². The summed E-state index contributed by atoms with van der Waals surface area (Å²) in [7, 11) is -4.12. The van der Waals surface area contributed by atoms with Crippen molar-refractivity contribution in [3.8, 4) is 0 Å². The summed E-state index contributed by atoms with van der Waals surface area (Å²) in [5.74, 6) is -0.955. The smallest absolute Gasteiger partial charge is 0.264 e. The van der Waals surface area contributed by atoms with Gasteiger partial charge in [-0.2, -0.15) is 0 Å². The first kappa shape index (κ1) is 31.2. The maximum absolute atomic E-state index is 13.9. The first-order chi connectivity index (χ1) is 18.2. The quantitative estimate of drug-likeness (QED) is 0.272. The number of anilines is 1. The zero-order valence-corrected chi connectivity index (χ0v) is 26.5. The molecule has 3 aromatic rings. The maximum Gasteiger partial charge on any atom is 0.264 e. The number of amides is 2. The molecule has 0 unspecified atom stereocenters. The number of sulfonamides is 1. The highest BCUT2D eigenvalue weighted by atomic mass is 127. The van der Waals surface area contributed by atoms with E-state index in [1.807, 2.05) is 20.8 Å². The monoisotopic (exact) mass is 701 g/mol. The third kappa shape index (κ3) is 8.33. The fourth-order valence-corrected chi connectivity index (χ4v) is 6.01. The number of hydrogen-bond donors (Lipinski definition) is 1. The van der Waals surface area contributed by atoms with Gasteiger partial charge in [0.1, 0.15) is 12.6 Å². The molecule has 39 heavy (non-hydrogen) atoms. The van der Waals surface area contributed by atoms with Crippen LogP contribution >= 0.6 is 45.8 Å². The van der Waals surface area contributed by atoms with Gasteiger partial charge in [0.05, 0.1) is 10.6 Å². The summed E-state index contributed by atoms with van der Waals surface area (Å²) in [4.78, 5) is 28.5. The third-order valence-corrected chi connectivity index (χ3v) is 8.84. The van der Waals surface area contributed by atoms with Gasteiger partial charge in [0, 0.05) is 25.7 Å². The first-order valence-electron chi connectivity index (χ1n) is 12.1. The summed E-state index contributed by atoms with van der Waals surface area (Å²) in [6, 6.07) is 18.7. The molecule has 0 aliphatic heterocycles. The fraction of sp³-hybridized carbons (Fsp3) is 0.286. The van der Waals surface area contributed by atoms with Crippen molar-refractivity contribution in [1.82, 2.24) is 10.2 Å². The Kier molecular flexibility index (Phi) is 10.3. The van der Waals surface area contributed by atoms with Gasteiger partial charge in [-0.05, 0) is 104 Å². The molecule has 0 spiro atoms. The van der Waals surface area contributed by atoms with Gasteiger partial charge in [-0.1, -0.05) is 47.5 Å². The highest BCUT2D eigenvalue weighted by Crippen LogP contribution is 2.27. The standard InChI is InChI=1S/C28H30Cl2IN3O4S/c1-19(27(36)32-28(2,3)4)33(17-20-10-11-21(29)16-25(20)30)26(35)18-34(23-14-12-22(31)13-15-23)39(37,38)24-8-6-5-7-9-24/h5-16,19H,17-18H2,1-4H3,(H,32,36)/t19-/m0/s1. The van der Waals surface area contributed by atoms with E-state index in [9.17, 15) is 18.0 Å². The number of nitrogens with zero attached hydrogens (tertiary/aromatic N) is 2. The van der Waals surface area contributed by atoms with Crippen molar-refractivity contribution in [3.63, 3.8) is 0 Å². The van der Waals surface area contributed by atoms with Crippen LogP contribution in [0.5, 0.6) is 0 Å². The highest BCUT2D eigenvalue weighted by molar-refractivity contribution is 14.1.